The zero-order chi connectivity index (χ0) is 26.0. The highest BCUT2D eigenvalue weighted by atomic mass is 32.2. The van der Waals surface area contributed by atoms with Crippen LogP contribution < -0.4 is 18.9 Å². The molecule has 4 aromatic rings. The minimum Gasteiger partial charge on any atom is -0.478 e. The molecule has 4 rings (SSSR count). The van der Waals surface area contributed by atoms with E-state index >= 15 is 0 Å². The van der Waals surface area contributed by atoms with Crippen LogP contribution in [0.25, 0.3) is 16.6 Å². The molecular formula is C20H18F4N6O5S. The minimum absolute atomic E-state index is 0.0194. The van der Waals surface area contributed by atoms with Crippen molar-refractivity contribution >= 4 is 26.9 Å². The van der Waals surface area contributed by atoms with Crippen LogP contribution in [-0.2, 0) is 10.0 Å². The number of aromatic amines is 1. The summed E-state index contributed by atoms with van der Waals surface area (Å²) in [6.45, 7) is -1.00. The second-order valence-corrected chi connectivity index (χ2v) is 8.68. The average Bonchev–Trinajstić information content (AvgIpc) is 3.52. The third-order valence-electron chi connectivity index (χ3n) is 4.85. The van der Waals surface area contributed by atoms with Crippen LogP contribution in [0.5, 0.6) is 17.5 Å². The third kappa shape index (κ3) is 4.71. The second-order valence-electron chi connectivity index (χ2n) is 7.03. The van der Waals surface area contributed by atoms with Gasteiger partial charge in [0.2, 0.25) is 11.7 Å². The maximum atomic E-state index is 13.7. The number of benzene rings is 1. The summed E-state index contributed by atoms with van der Waals surface area (Å²) in [7, 11) is -2.08. The lowest BCUT2D eigenvalue weighted by Gasteiger charge is -2.14. The van der Waals surface area contributed by atoms with E-state index in [1.807, 2.05) is 0 Å². The Morgan fingerprint density at radius 1 is 1.11 bits per heavy atom. The highest BCUT2D eigenvalue weighted by Crippen LogP contribution is 2.37. The van der Waals surface area contributed by atoms with Crippen LogP contribution in [0.3, 0.4) is 0 Å². The number of hydrogen-bond acceptors (Lipinski definition) is 8. The van der Waals surface area contributed by atoms with Crippen molar-refractivity contribution in [3.8, 4) is 23.2 Å². The normalized spacial score (nSPS) is 11.9. The molecule has 0 radical (unpaired) electrons. The van der Waals surface area contributed by atoms with Gasteiger partial charge >= 0.3 is 0 Å². The number of anilines is 1. The molecule has 2 N–H and O–H groups in total. The van der Waals surface area contributed by atoms with E-state index in [0.717, 1.165) is 26.5 Å². The van der Waals surface area contributed by atoms with Crippen molar-refractivity contribution in [3.63, 3.8) is 0 Å². The number of sulfonamides is 1. The summed E-state index contributed by atoms with van der Waals surface area (Å²) >= 11 is 0. The summed E-state index contributed by atoms with van der Waals surface area (Å²) in [5, 5.41) is 4.07. The molecule has 3 aromatic heterocycles. The first kappa shape index (κ1) is 25.0. The Kier molecular flexibility index (Phi) is 6.87. The maximum absolute atomic E-state index is 13.7. The van der Waals surface area contributed by atoms with Gasteiger partial charge in [-0.05, 0) is 6.07 Å². The molecule has 36 heavy (non-hydrogen) atoms. The molecule has 0 atom stereocenters. The van der Waals surface area contributed by atoms with Gasteiger partial charge in [0, 0.05) is 29.5 Å². The van der Waals surface area contributed by atoms with E-state index in [4.69, 9.17) is 14.2 Å². The fourth-order valence-corrected chi connectivity index (χ4v) is 4.51. The molecule has 0 bridgehead atoms. The standard InChI is InChI=1S/C20H18F4N6O5S/c1-33-18-16(35-9-13(21)22)19(34-2)28-20(27-18)29-36(31,32)12-8-25-14-10(12)4-5-11(17(23)24)15(14)30-7-3-6-26-30/h3-8,13,17,25H,9H2,1-2H3,(H,27,28,29). The van der Waals surface area contributed by atoms with E-state index in [1.165, 1.54) is 29.2 Å². The van der Waals surface area contributed by atoms with Crippen molar-refractivity contribution < 1.29 is 40.2 Å². The van der Waals surface area contributed by atoms with Crippen LogP contribution in [-0.4, -0.2) is 60.4 Å². The van der Waals surface area contributed by atoms with Crippen molar-refractivity contribution in [2.45, 2.75) is 17.7 Å². The molecule has 0 aliphatic rings. The zero-order valence-electron chi connectivity index (χ0n) is 18.6. The van der Waals surface area contributed by atoms with E-state index in [-0.39, 0.29) is 44.6 Å². The molecule has 0 saturated carbocycles. The number of halogens is 4. The lowest BCUT2D eigenvalue weighted by molar-refractivity contribution is 0.0780. The lowest BCUT2D eigenvalue weighted by Crippen LogP contribution is -2.16. The second kappa shape index (κ2) is 9.88. The molecule has 0 spiro atoms. The number of ether oxygens (including phenoxy) is 3. The predicted molar refractivity (Wildman–Crippen MR) is 118 cm³/mol. The van der Waals surface area contributed by atoms with Crippen LogP contribution in [0.1, 0.15) is 12.0 Å². The molecule has 0 fully saturated rings. The van der Waals surface area contributed by atoms with Gasteiger partial charge in [0.25, 0.3) is 34.6 Å². The Labute approximate surface area is 201 Å². The van der Waals surface area contributed by atoms with Gasteiger partial charge in [-0.1, -0.05) is 12.1 Å². The SMILES string of the molecule is COc1nc(NS(=O)(=O)c2c[nH]c3c(-n4cccn4)c(C(F)F)ccc23)nc(OC)c1OCC(F)F. The molecule has 192 valence electrons. The molecule has 0 aliphatic heterocycles. The van der Waals surface area contributed by atoms with Crippen molar-refractivity contribution in [1.82, 2.24) is 24.7 Å². The van der Waals surface area contributed by atoms with Crippen LogP contribution in [0.4, 0.5) is 23.5 Å². The topological polar surface area (TPSA) is 133 Å². The minimum atomic E-state index is -4.40. The van der Waals surface area contributed by atoms with E-state index in [0.29, 0.717) is 0 Å². The Bertz CT molecular complexity index is 1450. The maximum Gasteiger partial charge on any atom is 0.272 e. The highest BCUT2D eigenvalue weighted by Gasteiger charge is 2.27. The van der Waals surface area contributed by atoms with Gasteiger partial charge in [-0.3, -0.25) is 0 Å². The van der Waals surface area contributed by atoms with Gasteiger partial charge in [-0.25, -0.2) is 35.4 Å². The summed E-state index contributed by atoms with van der Waals surface area (Å²) in [6, 6.07) is 3.87. The van der Waals surface area contributed by atoms with Crippen LogP contribution in [0.2, 0.25) is 0 Å². The van der Waals surface area contributed by atoms with Crippen LogP contribution in [0, 0.1) is 0 Å². The predicted octanol–water partition coefficient (Wildman–Crippen LogP) is 3.54. The summed E-state index contributed by atoms with van der Waals surface area (Å²) in [5.41, 5.74) is -0.278. The number of fused-ring (bicyclic) bond motifs is 1. The molecule has 0 aliphatic carbocycles. The number of H-pyrrole nitrogens is 1. The van der Waals surface area contributed by atoms with Crippen molar-refractivity contribution in [1.29, 1.82) is 0 Å². The van der Waals surface area contributed by atoms with Crippen molar-refractivity contribution in [3.05, 3.63) is 42.4 Å². The van der Waals surface area contributed by atoms with Gasteiger partial charge in [0.1, 0.15) is 11.5 Å². The molecule has 0 unspecified atom stereocenters. The quantitative estimate of drug-likeness (QED) is 0.298. The largest absolute Gasteiger partial charge is 0.478 e. The van der Waals surface area contributed by atoms with E-state index in [2.05, 4.69) is 24.8 Å². The van der Waals surface area contributed by atoms with Gasteiger partial charge in [0.15, 0.2) is 0 Å². The molecular weight excluding hydrogens is 512 g/mol. The summed E-state index contributed by atoms with van der Waals surface area (Å²) in [5.74, 6) is -1.58. The summed E-state index contributed by atoms with van der Waals surface area (Å²) in [4.78, 5) is 10.1. The lowest BCUT2D eigenvalue weighted by atomic mass is 10.1. The van der Waals surface area contributed by atoms with Crippen LogP contribution in [0.15, 0.2) is 41.7 Å². The molecule has 3 heterocycles. The number of alkyl halides is 4. The van der Waals surface area contributed by atoms with Gasteiger partial charge in [0.05, 0.1) is 25.4 Å². The number of hydrogen-bond donors (Lipinski definition) is 2. The summed E-state index contributed by atoms with van der Waals surface area (Å²) < 4.78 is 97.2. The molecule has 16 heteroatoms. The van der Waals surface area contributed by atoms with Gasteiger partial charge in [-0.2, -0.15) is 15.1 Å². The number of aromatic nitrogens is 5. The number of methoxy groups -OCH3 is 2. The van der Waals surface area contributed by atoms with Crippen molar-refractivity contribution in [2.24, 2.45) is 0 Å². The van der Waals surface area contributed by atoms with E-state index < -0.39 is 35.4 Å². The molecule has 0 saturated heterocycles. The van der Waals surface area contributed by atoms with Crippen LogP contribution >= 0.6 is 0 Å². The van der Waals surface area contributed by atoms with Gasteiger partial charge in [-0.15, -0.1) is 0 Å². The monoisotopic (exact) mass is 530 g/mol. The number of nitrogens with one attached hydrogen (secondary N) is 2. The van der Waals surface area contributed by atoms with E-state index in [9.17, 15) is 26.0 Å². The number of rotatable bonds is 10. The average molecular weight is 530 g/mol. The third-order valence-corrected chi connectivity index (χ3v) is 6.22. The Balaban J connectivity index is 1.76. The highest BCUT2D eigenvalue weighted by molar-refractivity contribution is 7.93. The first-order chi connectivity index (χ1) is 17.2. The Morgan fingerprint density at radius 3 is 2.36 bits per heavy atom. The molecule has 11 nitrogen and oxygen atoms in total. The van der Waals surface area contributed by atoms with E-state index in [1.54, 1.807) is 0 Å². The molecule has 1 aromatic carbocycles. The smallest absolute Gasteiger partial charge is 0.272 e. The van der Waals surface area contributed by atoms with Crippen molar-refractivity contribution in [2.75, 3.05) is 25.5 Å². The Hall–Kier alpha value is -4.08. The first-order valence-electron chi connectivity index (χ1n) is 10.0. The van der Waals surface area contributed by atoms with Gasteiger partial charge < -0.3 is 19.2 Å². The summed E-state index contributed by atoms with van der Waals surface area (Å²) in [6.07, 6.45) is -1.71. The molecule has 0 amide bonds. The first-order valence-corrected chi connectivity index (χ1v) is 11.5. The zero-order valence-corrected chi connectivity index (χ0v) is 19.4. The number of nitrogens with zero attached hydrogens (tertiary/aromatic N) is 4. The fraction of sp³-hybridized carbons (Fsp3) is 0.250. The Morgan fingerprint density at radius 2 is 1.81 bits per heavy atom. The fourth-order valence-electron chi connectivity index (χ4n) is 3.40.